The number of aryl methyl sites for hydroxylation is 2. The van der Waals surface area contributed by atoms with E-state index in [1.165, 1.54) is 11.1 Å². The standard InChI is InChI=1S/C26H22Cl2N4/c1-15-13-19(31-25(27)29-15)23-21(17-9-5-3-6-10-17)24(20-14-16(2)30-26(28)32-20)22(23)18-11-7-4-8-12-18/h3-14,21-24H,1-2H3. The molecule has 0 amide bonds. The molecule has 0 N–H and O–H groups in total. The average Bonchev–Trinajstić information content (AvgIpc) is 2.73. The highest BCUT2D eigenvalue weighted by molar-refractivity contribution is 6.28. The van der Waals surface area contributed by atoms with E-state index in [1.807, 2.05) is 26.0 Å². The van der Waals surface area contributed by atoms with E-state index < -0.39 is 0 Å². The minimum atomic E-state index is 0.123. The molecule has 5 rings (SSSR count). The maximum Gasteiger partial charge on any atom is 0.222 e. The number of aromatic nitrogens is 4. The van der Waals surface area contributed by atoms with Crippen molar-refractivity contribution in [3.05, 3.63) is 117 Å². The minimum Gasteiger partial charge on any atom is -0.223 e. The molecular formula is C26H22Cl2N4. The summed E-state index contributed by atoms with van der Waals surface area (Å²) in [5, 5.41) is 0.561. The zero-order valence-electron chi connectivity index (χ0n) is 17.8. The summed E-state index contributed by atoms with van der Waals surface area (Å²) in [5.41, 5.74) is 6.13. The molecular weight excluding hydrogens is 439 g/mol. The first-order chi connectivity index (χ1) is 15.5. The van der Waals surface area contributed by atoms with Gasteiger partial charge in [0.1, 0.15) is 0 Å². The Hall–Kier alpha value is -2.82. The monoisotopic (exact) mass is 460 g/mol. The van der Waals surface area contributed by atoms with Crippen LogP contribution < -0.4 is 0 Å². The van der Waals surface area contributed by atoms with Gasteiger partial charge in [0.2, 0.25) is 10.6 Å². The number of hydrogen-bond acceptors (Lipinski definition) is 4. The van der Waals surface area contributed by atoms with E-state index in [0.717, 1.165) is 22.8 Å². The van der Waals surface area contributed by atoms with Gasteiger partial charge in [-0.15, -0.1) is 0 Å². The van der Waals surface area contributed by atoms with Crippen molar-refractivity contribution in [1.82, 2.24) is 19.9 Å². The number of benzene rings is 2. The first kappa shape index (κ1) is 21.0. The van der Waals surface area contributed by atoms with Crippen molar-refractivity contribution in [2.45, 2.75) is 37.5 Å². The van der Waals surface area contributed by atoms with Crippen molar-refractivity contribution >= 4 is 23.2 Å². The molecule has 2 aromatic carbocycles. The highest BCUT2D eigenvalue weighted by Gasteiger charge is 2.54. The third-order valence-electron chi connectivity index (χ3n) is 6.29. The van der Waals surface area contributed by atoms with Crippen LogP contribution in [0.2, 0.25) is 10.6 Å². The third-order valence-corrected chi connectivity index (χ3v) is 6.63. The topological polar surface area (TPSA) is 51.6 Å². The van der Waals surface area contributed by atoms with Crippen LogP contribution >= 0.6 is 23.2 Å². The molecule has 160 valence electrons. The maximum absolute atomic E-state index is 6.30. The van der Waals surface area contributed by atoms with Crippen molar-refractivity contribution in [2.75, 3.05) is 0 Å². The molecule has 1 fully saturated rings. The Balaban J connectivity index is 1.72. The molecule has 1 aliphatic carbocycles. The van der Waals surface area contributed by atoms with Gasteiger partial charge >= 0.3 is 0 Å². The Morgan fingerprint density at radius 2 is 0.906 bits per heavy atom. The Bertz CT molecular complexity index is 1100. The van der Waals surface area contributed by atoms with Gasteiger partial charge in [0, 0.05) is 46.4 Å². The Morgan fingerprint density at radius 3 is 1.25 bits per heavy atom. The van der Waals surface area contributed by atoms with E-state index >= 15 is 0 Å². The van der Waals surface area contributed by atoms with Gasteiger partial charge in [-0.05, 0) is 60.3 Å². The molecule has 0 atom stereocenters. The Morgan fingerprint density at radius 1 is 0.531 bits per heavy atom. The van der Waals surface area contributed by atoms with E-state index in [1.54, 1.807) is 0 Å². The van der Waals surface area contributed by atoms with Gasteiger partial charge in [0.25, 0.3) is 0 Å². The molecule has 6 heteroatoms. The molecule has 0 radical (unpaired) electrons. The quantitative estimate of drug-likeness (QED) is 0.320. The lowest BCUT2D eigenvalue weighted by Gasteiger charge is -2.52. The van der Waals surface area contributed by atoms with Crippen LogP contribution in [0, 0.1) is 13.8 Å². The normalized spacial score (nSPS) is 22.4. The van der Waals surface area contributed by atoms with Crippen LogP contribution in [0.25, 0.3) is 0 Å². The van der Waals surface area contributed by atoms with Crippen LogP contribution in [0.3, 0.4) is 0 Å². The van der Waals surface area contributed by atoms with Crippen molar-refractivity contribution in [3.63, 3.8) is 0 Å². The molecule has 2 heterocycles. The fraction of sp³-hybridized carbons (Fsp3) is 0.231. The summed E-state index contributed by atoms with van der Waals surface area (Å²) in [7, 11) is 0. The number of hydrogen-bond donors (Lipinski definition) is 0. The fourth-order valence-corrected chi connectivity index (χ4v) is 5.58. The summed E-state index contributed by atoms with van der Waals surface area (Å²) in [4.78, 5) is 17.9. The lowest BCUT2D eigenvalue weighted by Crippen LogP contribution is -2.41. The zero-order valence-corrected chi connectivity index (χ0v) is 19.3. The van der Waals surface area contributed by atoms with Gasteiger partial charge in [0.05, 0.1) is 0 Å². The number of nitrogens with zero attached hydrogens (tertiary/aromatic N) is 4. The predicted octanol–water partition coefficient (Wildman–Crippen LogP) is 6.64. The fourth-order valence-electron chi connectivity index (χ4n) is 5.12. The summed E-state index contributed by atoms with van der Waals surface area (Å²) in [6, 6.07) is 25.2. The number of rotatable bonds is 4. The van der Waals surface area contributed by atoms with Gasteiger partial charge in [-0.2, -0.15) is 0 Å². The summed E-state index contributed by atoms with van der Waals surface area (Å²) in [6.07, 6.45) is 0. The highest BCUT2D eigenvalue weighted by Crippen LogP contribution is 2.66. The van der Waals surface area contributed by atoms with E-state index in [0.29, 0.717) is 0 Å². The Kier molecular flexibility index (Phi) is 5.66. The summed E-state index contributed by atoms with van der Waals surface area (Å²) >= 11 is 12.6. The molecule has 2 aromatic heterocycles. The molecule has 0 saturated heterocycles. The van der Waals surface area contributed by atoms with Gasteiger partial charge in [-0.1, -0.05) is 60.7 Å². The molecule has 1 aliphatic rings. The van der Waals surface area contributed by atoms with Gasteiger partial charge in [0.15, 0.2) is 0 Å². The van der Waals surface area contributed by atoms with Crippen LogP contribution in [0.5, 0.6) is 0 Å². The molecule has 0 unspecified atom stereocenters. The molecule has 1 saturated carbocycles. The highest BCUT2D eigenvalue weighted by atomic mass is 35.5. The maximum atomic E-state index is 6.30. The van der Waals surface area contributed by atoms with Gasteiger partial charge < -0.3 is 0 Å². The second-order valence-electron chi connectivity index (χ2n) is 8.33. The van der Waals surface area contributed by atoms with E-state index in [-0.39, 0.29) is 34.2 Å². The van der Waals surface area contributed by atoms with E-state index in [4.69, 9.17) is 23.2 Å². The average molecular weight is 461 g/mol. The summed E-state index contributed by atoms with van der Waals surface area (Å²) in [5.74, 6) is 0.574. The van der Waals surface area contributed by atoms with Crippen LogP contribution in [0.4, 0.5) is 0 Å². The van der Waals surface area contributed by atoms with Crippen molar-refractivity contribution in [2.24, 2.45) is 0 Å². The van der Waals surface area contributed by atoms with E-state index in [2.05, 4.69) is 80.6 Å². The predicted molar refractivity (Wildman–Crippen MR) is 127 cm³/mol. The van der Waals surface area contributed by atoms with Gasteiger partial charge in [-0.25, -0.2) is 19.9 Å². The van der Waals surface area contributed by atoms with Crippen LogP contribution in [0.1, 0.15) is 57.6 Å². The van der Waals surface area contributed by atoms with Crippen LogP contribution in [0.15, 0.2) is 72.8 Å². The lowest BCUT2D eigenvalue weighted by atomic mass is 9.50. The first-order valence-electron chi connectivity index (χ1n) is 10.6. The molecule has 0 spiro atoms. The molecule has 4 aromatic rings. The first-order valence-corrected chi connectivity index (χ1v) is 11.4. The summed E-state index contributed by atoms with van der Waals surface area (Å²) < 4.78 is 0. The van der Waals surface area contributed by atoms with Crippen LogP contribution in [-0.4, -0.2) is 19.9 Å². The van der Waals surface area contributed by atoms with Crippen molar-refractivity contribution in [3.8, 4) is 0 Å². The second kappa shape index (κ2) is 8.61. The SMILES string of the molecule is Cc1cc(C2C(c3ccccc3)C(c3cc(C)nc(Cl)n3)C2c2ccccc2)nc(Cl)n1. The Labute approximate surface area is 197 Å². The summed E-state index contributed by atoms with van der Waals surface area (Å²) in [6.45, 7) is 3.91. The molecule has 0 bridgehead atoms. The third kappa shape index (κ3) is 3.89. The smallest absolute Gasteiger partial charge is 0.222 e. The van der Waals surface area contributed by atoms with Gasteiger partial charge in [-0.3, -0.25) is 0 Å². The van der Waals surface area contributed by atoms with Crippen molar-refractivity contribution < 1.29 is 0 Å². The van der Waals surface area contributed by atoms with Crippen molar-refractivity contribution in [1.29, 1.82) is 0 Å². The second-order valence-corrected chi connectivity index (χ2v) is 9.01. The zero-order chi connectivity index (χ0) is 22.2. The van der Waals surface area contributed by atoms with Crippen LogP contribution in [-0.2, 0) is 0 Å². The number of halogens is 2. The van der Waals surface area contributed by atoms with E-state index in [9.17, 15) is 0 Å². The largest absolute Gasteiger partial charge is 0.223 e. The molecule has 0 aliphatic heterocycles. The molecule has 4 nitrogen and oxygen atoms in total. The molecule has 32 heavy (non-hydrogen) atoms. The minimum absolute atomic E-state index is 0.123. The lowest BCUT2D eigenvalue weighted by molar-refractivity contribution is 0.219.